The molecular weight excluding hydrogens is 228 g/mol. The van der Waals surface area contributed by atoms with E-state index in [1.54, 1.807) is 31.2 Å². The number of rotatable bonds is 3. The highest BCUT2D eigenvalue weighted by molar-refractivity contribution is 5.98. The molecule has 0 atom stereocenters. The van der Waals surface area contributed by atoms with E-state index in [0.717, 1.165) is 5.69 Å². The van der Waals surface area contributed by atoms with E-state index in [2.05, 4.69) is 5.16 Å². The fraction of sp³-hybridized carbons (Fsp3) is 0.143. The Labute approximate surface area is 105 Å². The second kappa shape index (κ2) is 5.31. The van der Waals surface area contributed by atoms with Crippen molar-refractivity contribution in [3.63, 3.8) is 0 Å². The molecule has 1 heterocycles. The SMILES string of the molecule is C/C(=N/OC(=O)c1ccccc1)c1cccn1C. The van der Waals surface area contributed by atoms with Gasteiger partial charge in [0.1, 0.15) is 5.71 Å². The zero-order valence-electron chi connectivity index (χ0n) is 10.3. The molecule has 18 heavy (non-hydrogen) atoms. The summed E-state index contributed by atoms with van der Waals surface area (Å²) in [7, 11) is 1.91. The molecule has 0 saturated heterocycles. The molecule has 0 saturated carbocycles. The van der Waals surface area contributed by atoms with Crippen LogP contribution in [0, 0.1) is 0 Å². The largest absolute Gasteiger partial charge is 0.365 e. The topological polar surface area (TPSA) is 43.6 Å². The predicted molar refractivity (Wildman–Crippen MR) is 69.5 cm³/mol. The molecule has 2 rings (SSSR count). The molecular formula is C14H14N2O2. The van der Waals surface area contributed by atoms with Gasteiger partial charge in [-0.2, -0.15) is 0 Å². The van der Waals surface area contributed by atoms with Gasteiger partial charge in [0.25, 0.3) is 0 Å². The monoisotopic (exact) mass is 242 g/mol. The van der Waals surface area contributed by atoms with Gasteiger partial charge in [-0.3, -0.25) is 0 Å². The van der Waals surface area contributed by atoms with Crippen LogP contribution in [0.1, 0.15) is 23.0 Å². The van der Waals surface area contributed by atoms with Crippen molar-refractivity contribution in [2.45, 2.75) is 6.92 Å². The first-order chi connectivity index (χ1) is 8.68. The van der Waals surface area contributed by atoms with Crippen molar-refractivity contribution in [1.29, 1.82) is 0 Å². The predicted octanol–water partition coefficient (Wildman–Crippen LogP) is 2.61. The molecule has 0 fully saturated rings. The maximum Gasteiger partial charge on any atom is 0.365 e. The second-order valence-corrected chi connectivity index (χ2v) is 3.93. The lowest BCUT2D eigenvalue weighted by molar-refractivity contribution is 0.0516. The van der Waals surface area contributed by atoms with E-state index in [-0.39, 0.29) is 0 Å². The number of carbonyl (C=O) groups is 1. The third-order valence-corrected chi connectivity index (χ3v) is 2.59. The Morgan fingerprint density at radius 1 is 1.17 bits per heavy atom. The summed E-state index contributed by atoms with van der Waals surface area (Å²) in [6.07, 6.45) is 1.91. The molecule has 0 bridgehead atoms. The zero-order valence-corrected chi connectivity index (χ0v) is 10.3. The number of hydrogen-bond donors (Lipinski definition) is 0. The van der Waals surface area contributed by atoms with Crippen molar-refractivity contribution >= 4 is 11.7 Å². The maximum absolute atomic E-state index is 11.7. The Hall–Kier alpha value is -2.36. The summed E-state index contributed by atoms with van der Waals surface area (Å²) in [5.74, 6) is -0.454. The standard InChI is InChI=1S/C14H14N2O2/c1-11(13-9-6-10-16(13)2)15-18-14(17)12-7-4-3-5-8-12/h3-10H,1-2H3/b15-11-. The highest BCUT2D eigenvalue weighted by Crippen LogP contribution is 2.05. The molecule has 4 nitrogen and oxygen atoms in total. The number of oxime groups is 1. The molecule has 0 aliphatic rings. The summed E-state index contributed by atoms with van der Waals surface area (Å²) >= 11 is 0. The minimum absolute atomic E-state index is 0.454. The van der Waals surface area contributed by atoms with Gasteiger partial charge in [0, 0.05) is 13.2 Å². The van der Waals surface area contributed by atoms with Gasteiger partial charge in [0.2, 0.25) is 0 Å². The van der Waals surface area contributed by atoms with Crippen molar-refractivity contribution in [3.05, 3.63) is 59.9 Å². The highest BCUT2D eigenvalue weighted by atomic mass is 16.7. The van der Waals surface area contributed by atoms with Gasteiger partial charge in [0.05, 0.1) is 11.3 Å². The van der Waals surface area contributed by atoms with Crippen LogP contribution in [-0.4, -0.2) is 16.2 Å². The normalized spacial score (nSPS) is 11.3. The van der Waals surface area contributed by atoms with Crippen LogP contribution in [0.25, 0.3) is 0 Å². The summed E-state index contributed by atoms with van der Waals surface area (Å²) in [6.45, 7) is 1.80. The third-order valence-electron chi connectivity index (χ3n) is 2.59. The molecule has 92 valence electrons. The second-order valence-electron chi connectivity index (χ2n) is 3.93. The van der Waals surface area contributed by atoms with Crippen molar-refractivity contribution in [2.75, 3.05) is 0 Å². The van der Waals surface area contributed by atoms with E-state index in [4.69, 9.17) is 4.84 Å². The number of hydrogen-bond acceptors (Lipinski definition) is 3. The molecule has 1 aromatic carbocycles. The Morgan fingerprint density at radius 2 is 1.89 bits per heavy atom. The summed E-state index contributed by atoms with van der Waals surface area (Å²) < 4.78 is 1.91. The van der Waals surface area contributed by atoms with E-state index < -0.39 is 5.97 Å². The van der Waals surface area contributed by atoms with E-state index >= 15 is 0 Å². The number of nitrogens with zero attached hydrogens (tertiary/aromatic N) is 2. The van der Waals surface area contributed by atoms with E-state index in [1.165, 1.54) is 0 Å². The van der Waals surface area contributed by atoms with Crippen LogP contribution in [0.4, 0.5) is 0 Å². The van der Waals surface area contributed by atoms with Gasteiger partial charge >= 0.3 is 5.97 Å². The van der Waals surface area contributed by atoms with Gasteiger partial charge in [-0.15, -0.1) is 0 Å². The lowest BCUT2D eigenvalue weighted by Crippen LogP contribution is -2.06. The molecule has 0 aliphatic carbocycles. The summed E-state index contributed by atoms with van der Waals surface area (Å²) in [5.41, 5.74) is 2.06. The van der Waals surface area contributed by atoms with Crippen molar-refractivity contribution in [1.82, 2.24) is 4.57 Å². The fourth-order valence-corrected chi connectivity index (χ4v) is 1.62. The first-order valence-corrected chi connectivity index (χ1v) is 5.61. The average molecular weight is 242 g/mol. The van der Waals surface area contributed by atoms with Crippen LogP contribution in [-0.2, 0) is 11.9 Å². The number of benzene rings is 1. The number of aryl methyl sites for hydroxylation is 1. The number of carbonyl (C=O) groups excluding carboxylic acids is 1. The van der Waals surface area contributed by atoms with E-state index in [9.17, 15) is 4.79 Å². The molecule has 0 spiro atoms. The third kappa shape index (κ3) is 2.66. The fourth-order valence-electron chi connectivity index (χ4n) is 1.62. The maximum atomic E-state index is 11.7. The Kier molecular flexibility index (Phi) is 3.57. The number of aromatic nitrogens is 1. The molecule has 0 N–H and O–H groups in total. The molecule has 2 aromatic rings. The van der Waals surface area contributed by atoms with Gasteiger partial charge in [-0.1, -0.05) is 23.4 Å². The van der Waals surface area contributed by atoms with Crippen LogP contribution in [0.3, 0.4) is 0 Å². The van der Waals surface area contributed by atoms with E-state index in [1.807, 2.05) is 36.0 Å². The van der Waals surface area contributed by atoms with Gasteiger partial charge in [-0.05, 0) is 31.2 Å². The van der Waals surface area contributed by atoms with Crippen LogP contribution in [0.2, 0.25) is 0 Å². The van der Waals surface area contributed by atoms with Crippen LogP contribution in [0.15, 0.2) is 53.8 Å². The first-order valence-electron chi connectivity index (χ1n) is 5.61. The molecule has 4 heteroatoms. The van der Waals surface area contributed by atoms with Gasteiger partial charge in [0.15, 0.2) is 0 Å². The minimum Gasteiger partial charge on any atom is -0.349 e. The quantitative estimate of drug-likeness (QED) is 0.471. The van der Waals surface area contributed by atoms with E-state index in [0.29, 0.717) is 11.3 Å². The van der Waals surface area contributed by atoms with Crippen LogP contribution >= 0.6 is 0 Å². The average Bonchev–Trinajstić information content (AvgIpc) is 2.83. The lowest BCUT2D eigenvalue weighted by atomic mass is 10.2. The molecule has 0 unspecified atom stereocenters. The molecule has 0 amide bonds. The lowest BCUT2D eigenvalue weighted by Gasteiger charge is -2.02. The molecule has 1 aromatic heterocycles. The Bertz CT molecular complexity index is 570. The van der Waals surface area contributed by atoms with Crippen molar-refractivity contribution < 1.29 is 9.63 Å². The van der Waals surface area contributed by atoms with Gasteiger partial charge in [-0.25, -0.2) is 4.79 Å². The minimum atomic E-state index is -0.454. The van der Waals surface area contributed by atoms with Crippen LogP contribution in [0.5, 0.6) is 0 Å². The molecule has 0 aliphatic heterocycles. The zero-order chi connectivity index (χ0) is 13.0. The van der Waals surface area contributed by atoms with Crippen molar-refractivity contribution in [3.8, 4) is 0 Å². The Balaban J connectivity index is 2.08. The van der Waals surface area contributed by atoms with Crippen molar-refractivity contribution in [2.24, 2.45) is 12.2 Å². The Morgan fingerprint density at radius 3 is 2.50 bits per heavy atom. The highest BCUT2D eigenvalue weighted by Gasteiger charge is 2.07. The first kappa shape index (κ1) is 12.1. The smallest absolute Gasteiger partial charge is 0.349 e. The molecule has 0 radical (unpaired) electrons. The summed E-state index contributed by atoms with van der Waals surface area (Å²) in [6, 6.07) is 12.6. The summed E-state index contributed by atoms with van der Waals surface area (Å²) in [4.78, 5) is 16.6. The summed E-state index contributed by atoms with van der Waals surface area (Å²) in [5, 5.41) is 3.85. The van der Waals surface area contributed by atoms with Gasteiger partial charge < -0.3 is 9.40 Å². The van der Waals surface area contributed by atoms with Crippen LogP contribution < -0.4 is 0 Å².